The Hall–Kier alpha value is -2.88. The molecule has 0 bridgehead atoms. The van der Waals surface area contributed by atoms with E-state index in [4.69, 9.17) is 12.2 Å². The van der Waals surface area contributed by atoms with Crippen LogP contribution in [0.1, 0.15) is 6.42 Å². The van der Waals surface area contributed by atoms with Gasteiger partial charge in [0.15, 0.2) is 5.11 Å². The van der Waals surface area contributed by atoms with Gasteiger partial charge in [-0.3, -0.25) is 15.0 Å². The predicted octanol–water partition coefficient (Wildman–Crippen LogP) is 2.60. The van der Waals surface area contributed by atoms with Crippen LogP contribution in [0.4, 0.5) is 26.0 Å². The maximum absolute atomic E-state index is 13.8. The number of halogens is 2. The summed E-state index contributed by atoms with van der Waals surface area (Å²) in [5.41, 5.74) is 0.120. The van der Waals surface area contributed by atoms with Gasteiger partial charge in [-0.1, -0.05) is 0 Å². The van der Waals surface area contributed by atoms with E-state index in [9.17, 15) is 18.9 Å². The lowest BCUT2D eigenvalue weighted by Crippen LogP contribution is -2.39. The molecule has 1 saturated heterocycles. The molecule has 0 spiro atoms. The van der Waals surface area contributed by atoms with Gasteiger partial charge in [0, 0.05) is 25.1 Å². The zero-order valence-corrected chi connectivity index (χ0v) is 15.1. The second kappa shape index (κ2) is 8.21. The molecule has 0 unspecified atom stereocenters. The van der Waals surface area contributed by atoms with Crippen molar-refractivity contribution >= 4 is 34.5 Å². The third-order valence-corrected chi connectivity index (χ3v) is 4.64. The van der Waals surface area contributed by atoms with Crippen LogP contribution in [-0.4, -0.2) is 41.1 Å². The average molecular weight is 394 g/mol. The normalized spacial score (nSPS) is 14.6. The van der Waals surface area contributed by atoms with Gasteiger partial charge in [0.05, 0.1) is 29.9 Å². The highest BCUT2D eigenvalue weighted by Gasteiger charge is 2.29. The number of aromatic nitrogens is 1. The van der Waals surface area contributed by atoms with Gasteiger partial charge in [0.1, 0.15) is 18.2 Å². The van der Waals surface area contributed by atoms with Crippen LogP contribution in [0.5, 0.6) is 0 Å². The number of thiocarbonyl (C=S) groups is 1. The Bertz CT molecular complexity index is 867. The second-order valence-electron chi connectivity index (χ2n) is 6.04. The van der Waals surface area contributed by atoms with Crippen LogP contribution in [0.3, 0.4) is 0 Å². The molecule has 1 aliphatic rings. The Kier molecular flexibility index (Phi) is 5.75. The first-order valence-electron chi connectivity index (χ1n) is 8.37. The molecule has 0 saturated carbocycles. The molecule has 0 aliphatic carbocycles. The van der Waals surface area contributed by atoms with Gasteiger partial charge in [-0.25, -0.2) is 13.8 Å². The molecule has 27 heavy (non-hydrogen) atoms. The van der Waals surface area contributed by atoms with Crippen LogP contribution >= 0.6 is 12.2 Å². The molecule has 0 radical (unpaired) electrons. The van der Waals surface area contributed by atoms with Gasteiger partial charge in [0.25, 0.3) is 0 Å². The summed E-state index contributed by atoms with van der Waals surface area (Å²) in [5, 5.41) is 14.4. The number of aromatic amines is 1. The quantitative estimate of drug-likeness (QED) is 0.490. The van der Waals surface area contributed by atoms with Gasteiger partial charge >= 0.3 is 11.5 Å². The minimum atomic E-state index is -0.719. The molecule has 1 aromatic carbocycles. The minimum Gasteiger partial charge on any atom is -0.345 e. The van der Waals surface area contributed by atoms with Crippen molar-refractivity contribution in [1.82, 2.24) is 4.90 Å². The molecule has 2 N–H and O–H groups in total. The van der Waals surface area contributed by atoms with E-state index in [0.29, 0.717) is 43.5 Å². The Morgan fingerprint density at radius 2 is 2.04 bits per heavy atom. The van der Waals surface area contributed by atoms with Crippen molar-refractivity contribution in [2.24, 2.45) is 0 Å². The van der Waals surface area contributed by atoms with E-state index in [1.54, 1.807) is 12.3 Å². The molecule has 0 atom stereocenters. The number of pyridine rings is 1. The molecule has 1 fully saturated rings. The van der Waals surface area contributed by atoms with Crippen molar-refractivity contribution in [3.05, 3.63) is 58.3 Å². The number of hydrogen-bond acceptors (Lipinski definition) is 4. The van der Waals surface area contributed by atoms with Gasteiger partial charge in [0.2, 0.25) is 0 Å². The summed E-state index contributed by atoms with van der Waals surface area (Å²) in [4.78, 5) is 17.5. The van der Waals surface area contributed by atoms with E-state index < -0.39 is 16.6 Å². The van der Waals surface area contributed by atoms with E-state index in [-0.39, 0.29) is 11.4 Å². The molecule has 2 heterocycles. The largest absolute Gasteiger partial charge is 0.357 e. The topological polar surface area (TPSA) is 75.8 Å². The van der Waals surface area contributed by atoms with Crippen molar-refractivity contribution in [2.45, 2.75) is 6.42 Å². The van der Waals surface area contributed by atoms with Crippen molar-refractivity contribution in [1.29, 1.82) is 0 Å². The molecule has 2 aromatic rings. The van der Waals surface area contributed by atoms with E-state index in [1.807, 2.05) is 9.80 Å². The molecule has 0 amide bonds. The van der Waals surface area contributed by atoms with E-state index in [0.717, 1.165) is 12.1 Å². The highest BCUT2D eigenvalue weighted by atomic mass is 32.1. The fraction of sp³-hybridized carbons (Fsp3) is 0.294. The van der Waals surface area contributed by atoms with Crippen molar-refractivity contribution in [3.63, 3.8) is 0 Å². The Morgan fingerprint density at radius 1 is 1.22 bits per heavy atom. The third kappa shape index (κ3) is 4.45. The third-order valence-electron chi connectivity index (χ3n) is 4.28. The summed E-state index contributed by atoms with van der Waals surface area (Å²) in [5.74, 6) is -0.925. The standard InChI is InChI=1S/C17H17F2N5O2S/c18-12-4-5-14(13(19)11-12)21-17(27)23-8-2-7-22(9-10-23)16-15(24(25)26)3-1-6-20-16/h1,3-6,11H,2,7-10H2,(H,21,27)/p+1. The maximum Gasteiger partial charge on any atom is 0.357 e. The molecule has 3 rings (SSSR count). The summed E-state index contributed by atoms with van der Waals surface area (Å²) in [6.45, 7) is 2.25. The summed E-state index contributed by atoms with van der Waals surface area (Å²) in [6.07, 6.45) is 2.36. The average Bonchev–Trinajstić information content (AvgIpc) is 2.90. The summed E-state index contributed by atoms with van der Waals surface area (Å²) in [7, 11) is 0. The van der Waals surface area contributed by atoms with Crippen LogP contribution < -0.4 is 15.2 Å². The molecule has 142 valence electrons. The zero-order valence-electron chi connectivity index (χ0n) is 14.3. The number of nitrogens with zero attached hydrogens (tertiary/aromatic N) is 3. The highest BCUT2D eigenvalue weighted by molar-refractivity contribution is 7.80. The first-order chi connectivity index (χ1) is 13.0. The molecular weight excluding hydrogens is 376 g/mol. The van der Waals surface area contributed by atoms with Gasteiger partial charge in [-0.15, -0.1) is 0 Å². The smallest absolute Gasteiger partial charge is 0.345 e. The first kappa shape index (κ1) is 18.9. The Morgan fingerprint density at radius 3 is 2.78 bits per heavy atom. The first-order valence-corrected chi connectivity index (χ1v) is 8.77. The van der Waals surface area contributed by atoms with E-state index in [2.05, 4.69) is 10.3 Å². The number of H-pyrrole nitrogens is 1. The van der Waals surface area contributed by atoms with E-state index >= 15 is 0 Å². The fourth-order valence-corrected chi connectivity index (χ4v) is 3.24. The van der Waals surface area contributed by atoms with Crippen molar-refractivity contribution in [2.75, 3.05) is 36.4 Å². The predicted molar refractivity (Wildman–Crippen MR) is 101 cm³/mol. The number of nitro groups is 1. The minimum absolute atomic E-state index is 0.0139. The molecular formula is C17H18F2N5O2S+. The van der Waals surface area contributed by atoms with Crippen LogP contribution in [0.2, 0.25) is 0 Å². The number of benzene rings is 1. The van der Waals surface area contributed by atoms with Crippen LogP contribution in [0.25, 0.3) is 0 Å². The molecule has 7 nitrogen and oxygen atoms in total. The van der Waals surface area contributed by atoms with Crippen molar-refractivity contribution in [3.8, 4) is 0 Å². The number of anilines is 2. The van der Waals surface area contributed by atoms with Crippen LogP contribution in [-0.2, 0) is 0 Å². The van der Waals surface area contributed by atoms with E-state index in [1.165, 1.54) is 12.1 Å². The summed E-state index contributed by atoms with van der Waals surface area (Å²) in [6, 6.07) is 6.28. The number of rotatable bonds is 3. The highest BCUT2D eigenvalue weighted by Crippen LogP contribution is 2.23. The zero-order chi connectivity index (χ0) is 19.4. The Balaban J connectivity index is 1.68. The summed E-state index contributed by atoms with van der Waals surface area (Å²) < 4.78 is 26.8. The molecule has 10 heteroatoms. The van der Waals surface area contributed by atoms with Gasteiger partial charge in [-0.2, -0.15) is 0 Å². The van der Waals surface area contributed by atoms with Crippen LogP contribution in [0, 0.1) is 21.7 Å². The fourth-order valence-electron chi connectivity index (χ4n) is 2.95. The molecule has 1 aromatic heterocycles. The van der Waals surface area contributed by atoms with Crippen molar-refractivity contribution < 1.29 is 18.7 Å². The number of hydrogen-bond donors (Lipinski definition) is 1. The number of nitrogens with one attached hydrogen (secondary N) is 2. The second-order valence-corrected chi connectivity index (χ2v) is 6.43. The monoisotopic (exact) mass is 394 g/mol. The lowest BCUT2D eigenvalue weighted by atomic mass is 10.3. The van der Waals surface area contributed by atoms with Gasteiger partial charge < -0.3 is 10.2 Å². The van der Waals surface area contributed by atoms with Gasteiger partial charge in [-0.05, 0) is 30.4 Å². The van der Waals surface area contributed by atoms with Crippen LogP contribution in [0.15, 0.2) is 36.5 Å². The summed E-state index contributed by atoms with van der Waals surface area (Å²) >= 11 is 5.35. The maximum atomic E-state index is 13.8. The lowest BCUT2D eigenvalue weighted by molar-refractivity contribution is -0.411. The Labute approximate surface area is 159 Å². The molecule has 1 aliphatic heterocycles. The SMILES string of the molecule is O=[N+]([O-])c1ccc[nH+]c1N1CCCN(C(=S)Nc2ccc(F)cc2F)CC1. The lowest BCUT2D eigenvalue weighted by Gasteiger charge is -2.23.